The fourth-order valence-electron chi connectivity index (χ4n) is 3.08. The Labute approximate surface area is 153 Å². The van der Waals surface area contributed by atoms with Crippen molar-refractivity contribution in [3.8, 4) is 0 Å². The summed E-state index contributed by atoms with van der Waals surface area (Å²) in [5.74, 6) is 0.545. The van der Waals surface area contributed by atoms with Crippen LogP contribution in [0, 0.1) is 0 Å². The van der Waals surface area contributed by atoms with E-state index in [0.29, 0.717) is 5.75 Å². The van der Waals surface area contributed by atoms with Gasteiger partial charge in [0.05, 0.1) is 11.8 Å². The second-order valence-corrected chi connectivity index (χ2v) is 7.62. The quantitative estimate of drug-likeness (QED) is 0.768. The average Bonchev–Trinajstić information content (AvgIpc) is 3.09. The summed E-state index contributed by atoms with van der Waals surface area (Å²) in [6, 6.07) is 10.7. The smallest absolute Gasteiger partial charge is 0.233 e. The van der Waals surface area contributed by atoms with Gasteiger partial charge in [-0.25, -0.2) is 0 Å². The van der Waals surface area contributed by atoms with Crippen molar-refractivity contribution in [2.45, 2.75) is 31.1 Å². The first kappa shape index (κ1) is 17.9. The molecule has 1 aliphatic heterocycles. The number of carbonyl (C=O) groups excluding carboxylic acids is 1. The summed E-state index contributed by atoms with van der Waals surface area (Å²) in [6.07, 6.45) is 1.72. The minimum atomic E-state index is 0.107. The number of aromatic nitrogens is 3. The standard InChI is InChI=1S/C18H25N5OS/c1-14(2)23-13-19-20-18(23)25-12-17(24)22-10-9-21(3)11-16(22)15-7-5-4-6-8-15/h4-8,13-14,16H,9-12H2,1-3H3. The van der Waals surface area contributed by atoms with Gasteiger partial charge >= 0.3 is 0 Å². The van der Waals surface area contributed by atoms with Gasteiger partial charge < -0.3 is 14.4 Å². The van der Waals surface area contributed by atoms with E-state index in [2.05, 4.69) is 48.1 Å². The Balaban J connectivity index is 1.70. The van der Waals surface area contributed by atoms with E-state index in [4.69, 9.17) is 0 Å². The lowest BCUT2D eigenvalue weighted by atomic mass is 10.0. The van der Waals surface area contributed by atoms with Crippen LogP contribution in [0.25, 0.3) is 0 Å². The minimum Gasteiger partial charge on any atom is -0.332 e. The fraction of sp³-hybridized carbons (Fsp3) is 0.500. The van der Waals surface area contributed by atoms with Crippen molar-refractivity contribution in [1.29, 1.82) is 0 Å². The summed E-state index contributed by atoms with van der Waals surface area (Å²) in [6.45, 7) is 6.69. The molecule has 7 heteroatoms. The molecule has 1 fully saturated rings. The predicted molar refractivity (Wildman–Crippen MR) is 99.5 cm³/mol. The molecule has 0 spiro atoms. The summed E-state index contributed by atoms with van der Waals surface area (Å²) in [7, 11) is 2.11. The third kappa shape index (κ3) is 4.22. The van der Waals surface area contributed by atoms with Gasteiger partial charge in [0.2, 0.25) is 5.91 Å². The maximum absolute atomic E-state index is 12.9. The van der Waals surface area contributed by atoms with E-state index in [0.717, 1.165) is 24.8 Å². The predicted octanol–water partition coefficient (Wildman–Crippen LogP) is 2.47. The van der Waals surface area contributed by atoms with Crippen molar-refractivity contribution in [2.24, 2.45) is 0 Å². The molecule has 1 aromatic carbocycles. The molecule has 1 unspecified atom stereocenters. The molecule has 0 radical (unpaired) electrons. The highest BCUT2D eigenvalue weighted by molar-refractivity contribution is 7.99. The molecule has 2 aromatic rings. The summed E-state index contributed by atoms with van der Waals surface area (Å²) in [4.78, 5) is 17.2. The molecule has 0 saturated carbocycles. The number of likely N-dealkylation sites (N-methyl/N-ethyl adjacent to an activating group) is 1. The van der Waals surface area contributed by atoms with Crippen LogP contribution in [0.2, 0.25) is 0 Å². The molecular formula is C18H25N5OS. The Morgan fingerprint density at radius 1 is 1.28 bits per heavy atom. The van der Waals surface area contributed by atoms with Crippen LogP contribution < -0.4 is 0 Å². The topological polar surface area (TPSA) is 54.3 Å². The van der Waals surface area contributed by atoms with Crippen molar-refractivity contribution in [1.82, 2.24) is 24.6 Å². The first-order valence-electron chi connectivity index (χ1n) is 8.61. The maximum atomic E-state index is 12.9. The van der Waals surface area contributed by atoms with Crippen LogP contribution in [-0.4, -0.2) is 62.9 Å². The third-order valence-electron chi connectivity index (χ3n) is 4.51. The lowest BCUT2D eigenvalue weighted by Crippen LogP contribution is -2.49. The van der Waals surface area contributed by atoms with Crippen LogP contribution in [0.3, 0.4) is 0 Å². The first-order chi connectivity index (χ1) is 12.1. The molecule has 1 atom stereocenters. The highest BCUT2D eigenvalue weighted by Crippen LogP contribution is 2.27. The Bertz CT molecular complexity index is 703. The number of benzene rings is 1. The molecule has 6 nitrogen and oxygen atoms in total. The number of rotatable bonds is 5. The largest absolute Gasteiger partial charge is 0.332 e. The highest BCUT2D eigenvalue weighted by atomic mass is 32.2. The molecule has 134 valence electrons. The minimum absolute atomic E-state index is 0.107. The molecule has 2 heterocycles. The highest BCUT2D eigenvalue weighted by Gasteiger charge is 2.30. The van der Waals surface area contributed by atoms with Gasteiger partial charge in [-0.15, -0.1) is 10.2 Å². The van der Waals surface area contributed by atoms with Crippen molar-refractivity contribution in [3.63, 3.8) is 0 Å². The molecule has 1 aliphatic rings. The van der Waals surface area contributed by atoms with E-state index in [1.54, 1.807) is 6.33 Å². The normalized spacial score (nSPS) is 18.7. The Morgan fingerprint density at radius 3 is 2.76 bits per heavy atom. The van der Waals surface area contributed by atoms with Gasteiger partial charge in [-0.3, -0.25) is 4.79 Å². The monoisotopic (exact) mass is 359 g/mol. The van der Waals surface area contributed by atoms with E-state index in [1.165, 1.54) is 17.3 Å². The van der Waals surface area contributed by atoms with E-state index >= 15 is 0 Å². The Morgan fingerprint density at radius 2 is 2.04 bits per heavy atom. The number of thioether (sulfide) groups is 1. The molecule has 25 heavy (non-hydrogen) atoms. The molecular weight excluding hydrogens is 334 g/mol. The zero-order chi connectivity index (χ0) is 17.8. The van der Waals surface area contributed by atoms with E-state index in [1.807, 2.05) is 27.7 Å². The van der Waals surface area contributed by atoms with Gasteiger partial charge in [0, 0.05) is 25.7 Å². The second kappa shape index (κ2) is 8.01. The van der Waals surface area contributed by atoms with Crippen LogP contribution in [0.1, 0.15) is 31.5 Å². The van der Waals surface area contributed by atoms with Crippen LogP contribution >= 0.6 is 11.8 Å². The molecule has 1 aromatic heterocycles. The van der Waals surface area contributed by atoms with E-state index in [-0.39, 0.29) is 18.0 Å². The van der Waals surface area contributed by atoms with Gasteiger partial charge in [0.25, 0.3) is 0 Å². The Kier molecular flexibility index (Phi) is 5.75. The summed E-state index contributed by atoms with van der Waals surface area (Å²) < 4.78 is 2.00. The third-order valence-corrected chi connectivity index (χ3v) is 5.45. The number of piperazine rings is 1. The number of carbonyl (C=O) groups is 1. The maximum Gasteiger partial charge on any atom is 0.233 e. The molecule has 0 bridgehead atoms. The van der Waals surface area contributed by atoms with E-state index < -0.39 is 0 Å². The molecule has 0 N–H and O–H groups in total. The SMILES string of the molecule is CC(C)n1cnnc1SCC(=O)N1CCN(C)CC1c1ccccc1. The number of hydrogen-bond donors (Lipinski definition) is 0. The van der Waals surface area contributed by atoms with Crippen LogP contribution in [-0.2, 0) is 4.79 Å². The lowest BCUT2D eigenvalue weighted by molar-refractivity contribution is -0.133. The van der Waals surface area contributed by atoms with Gasteiger partial charge in [-0.1, -0.05) is 42.1 Å². The Hall–Kier alpha value is -1.86. The van der Waals surface area contributed by atoms with Crippen molar-refractivity contribution < 1.29 is 4.79 Å². The van der Waals surface area contributed by atoms with Gasteiger partial charge in [0.15, 0.2) is 5.16 Å². The number of nitrogens with zero attached hydrogens (tertiary/aromatic N) is 5. The van der Waals surface area contributed by atoms with Gasteiger partial charge in [0.1, 0.15) is 6.33 Å². The zero-order valence-electron chi connectivity index (χ0n) is 15.0. The van der Waals surface area contributed by atoms with Crippen molar-refractivity contribution in [2.75, 3.05) is 32.4 Å². The number of amides is 1. The number of hydrogen-bond acceptors (Lipinski definition) is 5. The summed E-state index contributed by atoms with van der Waals surface area (Å²) in [5.41, 5.74) is 1.19. The van der Waals surface area contributed by atoms with Crippen molar-refractivity contribution in [3.05, 3.63) is 42.2 Å². The molecule has 0 aliphatic carbocycles. The molecule has 1 saturated heterocycles. The summed E-state index contributed by atoms with van der Waals surface area (Å²) in [5, 5.41) is 8.91. The van der Waals surface area contributed by atoms with Gasteiger partial charge in [-0.2, -0.15) is 0 Å². The first-order valence-corrected chi connectivity index (χ1v) is 9.60. The van der Waals surface area contributed by atoms with Crippen LogP contribution in [0.4, 0.5) is 0 Å². The van der Waals surface area contributed by atoms with Crippen LogP contribution in [0.15, 0.2) is 41.8 Å². The average molecular weight is 359 g/mol. The van der Waals surface area contributed by atoms with Crippen LogP contribution in [0.5, 0.6) is 0 Å². The zero-order valence-corrected chi connectivity index (χ0v) is 15.8. The van der Waals surface area contributed by atoms with E-state index in [9.17, 15) is 4.79 Å². The lowest BCUT2D eigenvalue weighted by Gasteiger charge is -2.40. The molecule has 3 rings (SSSR count). The molecule has 1 amide bonds. The fourth-order valence-corrected chi connectivity index (χ4v) is 4.01. The van der Waals surface area contributed by atoms with Gasteiger partial charge in [-0.05, 0) is 26.5 Å². The second-order valence-electron chi connectivity index (χ2n) is 6.68. The summed E-state index contributed by atoms with van der Waals surface area (Å²) >= 11 is 1.47. The van der Waals surface area contributed by atoms with Crippen molar-refractivity contribution >= 4 is 17.7 Å².